The fourth-order valence-corrected chi connectivity index (χ4v) is 3.46. The third-order valence-corrected chi connectivity index (χ3v) is 4.74. The van der Waals surface area contributed by atoms with Crippen LogP contribution < -0.4 is 22.4 Å². The third-order valence-electron chi connectivity index (χ3n) is 3.86. The lowest BCUT2D eigenvalue weighted by atomic mass is 9.92. The topological polar surface area (TPSA) is 188 Å². The highest BCUT2D eigenvalue weighted by molar-refractivity contribution is 7.86. The van der Waals surface area contributed by atoms with E-state index in [0.717, 1.165) is 6.07 Å². The minimum atomic E-state index is -4.99. The van der Waals surface area contributed by atoms with Gasteiger partial charge in [-0.2, -0.15) is 5.01 Å². The average molecular weight is 378 g/mol. The predicted molar refractivity (Wildman–Crippen MR) is 87.4 cm³/mol. The molecule has 2 aromatic carbocycles. The van der Waals surface area contributed by atoms with Crippen molar-refractivity contribution in [2.75, 3.05) is 5.73 Å². The lowest BCUT2D eigenvalue weighted by Gasteiger charge is -2.28. The van der Waals surface area contributed by atoms with Gasteiger partial charge in [-0.05, 0) is 30.7 Å². The maximum Gasteiger partial charge on any atom is 0.348 e. The largest absolute Gasteiger partial charge is 0.744 e. The highest BCUT2D eigenvalue weighted by Crippen LogP contribution is 2.37. The van der Waals surface area contributed by atoms with Gasteiger partial charge >= 0.3 is 6.03 Å². The van der Waals surface area contributed by atoms with Gasteiger partial charge in [-0.3, -0.25) is 15.0 Å². The first-order valence-corrected chi connectivity index (χ1v) is 8.45. The number of nitrogens with two attached hydrogens (primary N) is 2. The van der Waals surface area contributed by atoms with Gasteiger partial charge in [0, 0.05) is 10.8 Å². The molecule has 3 rings (SSSR count). The van der Waals surface area contributed by atoms with Crippen LogP contribution in [0.2, 0.25) is 0 Å². The Labute approximate surface area is 146 Å². The zero-order valence-corrected chi connectivity index (χ0v) is 14.0. The Morgan fingerprint density at radius 1 is 1.15 bits per heavy atom. The van der Waals surface area contributed by atoms with Gasteiger partial charge in [0.2, 0.25) is 0 Å². The lowest BCUT2D eigenvalue weighted by Crippen LogP contribution is -2.55. The first kappa shape index (κ1) is 17.6. The van der Waals surface area contributed by atoms with Crippen LogP contribution in [0.25, 0.3) is 10.8 Å². The van der Waals surface area contributed by atoms with E-state index >= 15 is 0 Å². The van der Waals surface area contributed by atoms with Crippen LogP contribution in [0.15, 0.2) is 23.1 Å². The Hall–Kier alpha value is -3.22. The number of anilines is 1. The van der Waals surface area contributed by atoms with E-state index in [9.17, 15) is 27.4 Å². The number of nitrogens with zero attached hydrogens (tertiary/aromatic N) is 1. The van der Waals surface area contributed by atoms with Gasteiger partial charge in [-0.25, -0.2) is 24.5 Å². The number of nitrogen functional groups attached to an aromatic ring is 1. The van der Waals surface area contributed by atoms with Crippen molar-refractivity contribution >= 4 is 44.4 Å². The van der Waals surface area contributed by atoms with Gasteiger partial charge < -0.3 is 10.3 Å². The molecule has 0 radical (unpaired) electrons. The lowest BCUT2D eigenvalue weighted by molar-refractivity contribution is 0.0542. The average Bonchev–Trinajstić information content (AvgIpc) is 2.56. The van der Waals surface area contributed by atoms with Gasteiger partial charge in [0.05, 0.1) is 21.7 Å². The number of hydrogen-bond acceptors (Lipinski definition) is 8. The summed E-state index contributed by atoms with van der Waals surface area (Å²) >= 11 is 0. The number of carbonyl (C=O) groups is 3. The fraction of sp³-hybridized carbons (Fsp3) is 0.0714. The molecule has 0 spiro atoms. The van der Waals surface area contributed by atoms with Gasteiger partial charge in [-0.1, -0.05) is 0 Å². The number of carbonyl (C=O) groups excluding carboxylic acids is 3. The van der Waals surface area contributed by atoms with Crippen LogP contribution in [0, 0.1) is 6.92 Å². The van der Waals surface area contributed by atoms with Gasteiger partial charge in [0.25, 0.3) is 11.8 Å². The van der Waals surface area contributed by atoms with Gasteiger partial charge in [-0.15, -0.1) is 0 Å². The molecular formula is C14H12N5O6S-. The number of hydrazine groups is 2. The number of nitrogens with one attached hydrogen (secondary N) is 2. The molecule has 0 aliphatic carbocycles. The van der Waals surface area contributed by atoms with Crippen molar-refractivity contribution in [2.24, 2.45) is 5.84 Å². The van der Waals surface area contributed by atoms with Crippen LogP contribution in [-0.2, 0) is 10.1 Å². The first-order chi connectivity index (χ1) is 12.1. The summed E-state index contributed by atoms with van der Waals surface area (Å²) in [5, 5.41) is 0.550. The summed E-state index contributed by atoms with van der Waals surface area (Å²) in [5.74, 6) is 3.03. The van der Waals surface area contributed by atoms with Crippen LogP contribution >= 0.6 is 0 Å². The van der Waals surface area contributed by atoms with E-state index in [2.05, 4.69) is 0 Å². The summed E-state index contributed by atoms with van der Waals surface area (Å²) in [7, 11) is -4.99. The second kappa shape index (κ2) is 5.66. The second-order valence-corrected chi connectivity index (χ2v) is 6.90. The van der Waals surface area contributed by atoms with Crippen LogP contribution in [0.5, 0.6) is 0 Å². The summed E-state index contributed by atoms with van der Waals surface area (Å²) in [6, 6.07) is 2.65. The first-order valence-electron chi connectivity index (χ1n) is 7.05. The van der Waals surface area contributed by atoms with Crippen molar-refractivity contribution in [3.05, 3.63) is 34.9 Å². The zero-order valence-electron chi connectivity index (χ0n) is 13.2. The third kappa shape index (κ3) is 2.52. The van der Waals surface area contributed by atoms with Crippen molar-refractivity contribution in [3.8, 4) is 0 Å². The van der Waals surface area contributed by atoms with E-state index in [0.29, 0.717) is 10.6 Å². The van der Waals surface area contributed by atoms with E-state index < -0.39 is 32.9 Å². The molecule has 6 N–H and O–H groups in total. The molecule has 11 nitrogen and oxygen atoms in total. The van der Waals surface area contributed by atoms with Crippen molar-refractivity contribution in [3.63, 3.8) is 0 Å². The summed E-state index contributed by atoms with van der Waals surface area (Å²) in [4.78, 5) is 35.9. The molecule has 12 heteroatoms. The minimum absolute atomic E-state index is 0.00784. The molecule has 0 saturated carbocycles. The molecule has 1 heterocycles. The number of urea groups is 1. The monoisotopic (exact) mass is 378 g/mol. The van der Waals surface area contributed by atoms with E-state index in [1.807, 2.05) is 5.43 Å². The molecule has 0 fully saturated rings. The molecule has 136 valence electrons. The normalized spacial score (nSPS) is 13.9. The molecule has 0 unspecified atom stereocenters. The van der Waals surface area contributed by atoms with Crippen LogP contribution in [0.4, 0.5) is 10.5 Å². The molecule has 1 aliphatic rings. The molecule has 0 saturated heterocycles. The highest BCUT2D eigenvalue weighted by atomic mass is 32.2. The SMILES string of the molecule is Cc1cc2c3c(cc(S(=O)(=O)[O-])c(N)c3c1)C(=O)N(NC(=O)NN)C2=O. The van der Waals surface area contributed by atoms with Crippen molar-refractivity contribution in [1.29, 1.82) is 0 Å². The molecule has 1 aliphatic heterocycles. The summed E-state index contributed by atoms with van der Waals surface area (Å²) in [6.07, 6.45) is 0. The number of imide groups is 1. The van der Waals surface area contributed by atoms with Crippen LogP contribution in [-0.4, -0.2) is 35.8 Å². The van der Waals surface area contributed by atoms with Gasteiger partial charge in [0.15, 0.2) is 0 Å². The number of aryl methyl sites for hydroxylation is 1. The van der Waals surface area contributed by atoms with Gasteiger partial charge in [0.1, 0.15) is 10.1 Å². The zero-order chi connectivity index (χ0) is 19.4. The van der Waals surface area contributed by atoms with Crippen molar-refractivity contribution < 1.29 is 27.4 Å². The van der Waals surface area contributed by atoms with E-state index in [1.54, 1.807) is 12.3 Å². The number of hydrogen-bond donors (Lipinski definition) is 4. The molecule has 0 aromatic heterocycles. The smallest absolute Gasteiger partial charge is 0.348 e. The summed E-state index contributed by atoms with van der Waals surface area (Å²) < 4.78 is 34.5. The predicted octanol–water partition coefficient (Wildman–Crippen LogP) is -0.682. The van der Waals surface area contributed by atoms with E-state index in [1.165, 1.54) is 12.1 Å². The highest BCUT2D eigenvalue weighted by Gasteiger charge is 2.36. The number of rotatable bonds is 2. The molecule has 26 heavy (non-hydrogen) atoms. The molecular weight excluding hydrogens is 366 g/mol. The number of benzene rings is 2. The Bertz CT molecular complexity index is 1110. The molecule has 2 aromatic rings. The molecule has 4 amide bonds. The molecule has 0 atom stereocenters. The Balaban J connectivity index is 2.40. The van der Waals surface area contributed by atoms with Crippen LogP contribution in [0.3, 0.4) is 0 Å². The molecule has 0 bridgehead atoms. The number of amides is 4. The Morgan fingerprint density at radius 3 is 2.27 bits per heavy atom. The van der Waals surface area contributed by atoms with E-state index in [4.69, 9.17) is 11.6 Å². The standard InChI is InChI=1S/C14H13N5O6S/c1-5-2-6-10-7(3-5)12(20)19(18-14(22)17-16)13(21)8(10)4-9(11(6)15)26(23,24)25/h2-4H,15-16H2,1H3,(H2,17,18,22)(H,23,24,25)/p-1. The maximum atomic E-state index is 12.6. The van der Waals surface area contributed by atoms with Crippen molar-refractivity contribution in [1.82, 2.24) is 15.9 Å². The summed E-state index contributed by atoms with van der Waals surface area (Å²) in [5.41, 5.74) is 9.36. The van der Waals surface area contributed by atoms with Crippen LogP contribution in [0.1, 0.15) is 26.3 Å². The quantitative estimate of drug-likeness (QED) is 0.132. The second-order valence-electron chi connectivity index (χ2n) is 5.56. The fourth-order valence-electron chi connectivity index (χ4n) is 2.82. The Kier molecular flexibility index (Phi) is 3.83. The summed E-state index contributed by atoms with van der Waals surface area (Å²) in [6.45, 7) is 1.61. The maximum absolute atomic E-state index is 12.6. The van der Waals surface area contributed by atoms with E-state index in [-0.39, 0.29) is 27.6 Å². The Morgan fingerprint density at radius 2 is 1.73 bits per heavy atom. The van der Waals surface area contributed by atoms with Crippen molar-refractivity contribution in [2.45, 2.75) is 11.8 Å². The minimum Gasteiger partial charge on any atom is -0.744 e.